The molecule has 1 aromatic rings. The van der Waals surface area contributed by atoms with Gasteiger partial charge in [0.05, 0.1) is 0 Å². The molecule has 1 fully saturated rings. The van der Waals surface area contributed by atoms with Gasteiger partial charge < -0.3 is 5.32 Å². The van der Waals surface area contributed by atoms with Gasteiger partial charge in [0.2, 0.25) is 0 Å². The molecule has 0 aromatic carbocycles. The summed E-state index contributed by atoms with van der Waals surface area (Å²) < 4.78 is 1.64. The van der Waals surface area contributed by atoms with Gasteiger partial charge in [-0.2, -0.15) is 0 Å². The standard InChI is InChI=1S/C10H14N2O/c1-12-9(3-2-4-10(12)13)11-7-8-5-6-8/h2-4,8,11H,5-7H2,1H3. The Hall–Kier alpha value is -1.25. The van der Waals surface area contributed by atoms with Crippen molar-refractivity contribution in [2.45, 2.75) is 12.8 Å². The normalized spacial score (nSPS) is 15.8. The van der Waals surface area contributed by atoms with Crippen LogP contribution in [0.2, 0.25) is 0 Å². The number of nitrogens with one attached hydrogen (secondary N) is 1. The summed E-state index contributed by atoms with van der Waals surface area (Å²) in [6, 6.07) is 5.30. The predicted molar refractivity (Wildman–Crippen MR) is 52.9 cm³/mol. The van der Waals surface area contributed by atoms with Crippen molar-refractivity contribution in [1.82, 2.24) is 4.57 Å². The molecule has 3 nitrogen and oxygen atoms in total. The first-order valence-corrected chi connectivity index (χ1v) is 4.67. The number of hydrogen-bond acceptors (Lipinski definition) is 2. The molecule has 1 aliphatic carbocycles. The van der Waals surface area contributed by atoms with Crippen LogP contribution in [0.4, 0.5) is 5.82 Å². The minimum atomic E-state index is 0.0424. The van der Waals surface area contributed by atoms with E-state index in [1.807, 2.05) is 6.07 Å². The molecule has 1 heterocycles. The van der Waals surface area contributed by atoms with Gasteiger partial charge in [-0.1, -0.05) is 6.07 Å². The molecule has 0 radical (unpaired) electrons. The fourth-order valence-electron chi connectivity index (χ4n) is 1.31. The zero-order valence-corrected chi connectivity index (χ0v) is 7.79. The van der Waals surface area contributed by atoms with Crippen molar-refractivity contribution in [3.05, 3.63) is 28.6 Å². The van der Waals surface area contributed by atoms with Crippen LogP contribution >= 0.6 is 0 Å². The predicted octanol–water partition coefficient (Wildman–Crippen LogP) is 1.21. The molecule has 0 aliphatic heterocycles. The highest BCUT2D eigenvalue weighted by atomic mass is 16.1. The summed E-state index contributed by atoms with van der Waals surface area (Å²) in [5.41, 5.74) is 0.0424. The lowest BCUT2D eigenvalue weighted by atomic mass is 10.4. The van der Waals surface area contributed by atoms with E-state index < -0.39 is 0 Å². The van der Waals surface area contributed by atoms with E-state index in [1.165, 1.54) is 12.8 Å². The SMILES string of the molecule is Cn1c(NCC2CC2)cccc1=O. The smallest absolute Gasteiger partial charge is 0.251 e. The maximum absolute atomic E-state index is 11.2. The van der Waals surface area contributed by atoms with Crippen LogP contribution in [0.1, 0.15) is 12.8 Å². The van der Waals surface area contributed by atoms with Crippen molar-refractivity contribution in [3.63, 3.8) is 0 Å². The van der Waals surface area contributed by atoms with E-state index in [9.17, 15) is 4.79 Å². The first kappa shape index (κ1) is 8.35. The average molecular weight is 178 g/mol. The Bertz CT molecular complexity index is 352. The zero-order chi connectivity index (χ0) is 9.26. The molecule has 1 aliphatic rings. The Morgan fingerprint density at radius 2 is 2.31 bits per heavy atom. The van der Waals surface area contributed by atoms with E-state index in [2.05, 4.69) is 5.32 Å². The van der Waals surface area contributed by atoms with Gasteiger partial charge in [0, 0.05) is 19.7 Å². The molecule has 3 heteroatoms. The minimum absolute atomic E-state index is 0.0424. The van der Waals surface area contributed by atoms with Crippen molar-refractivity contribution >= 4 is 5.82 Å². The molecular formula is C10H14N2O. The minimum Gasteiger partial charge on any atom is -0.371 e. The second kappa shape index (κ2) is 3.24. The summed E-state index contributed by atoms with van der Waals surface area (Å²) >= 11 is 0. The third-order valence-electron chi connectivity index (χ3n) is 2.45. The Balaban J connectivity index is 2.09. The van der Waals surface area contributed by atoms with Gasteiger partial charge in [0.15, 0.2) is 0 Å². The molecule has 0 atom stereocenters. The summed E-state index contributed by atoms with van der Waals surface area (Å²) in [7, 11) is 1.79. The van der Waals surface area contributed by atoms with Crippen molar-refractivity contribution in [2.75, 3.05) is 11.9 Å². The maximum atomic E-state index is 11.2. The van der Waals surface area contributed by atoms with Gasteiger partial charge in [-0.05, 0) is 24.8 Å². The second-order valence-corrected chi connectivity index (χ2v) is 3.63. The van der Waals surface area contributed by atoms with Crippen LogP contribution in [0, 0.1) is 5.92 Å². The number of nitrogens with zero attached hydrogens (tertiary/aromatic N) is 1. The van der Waals surface area contributed by atoms with Gasteiger partial charge in [-0.25, -0.2) is 0 Å². The Kier molecular flexibility index (Phi) is 2.08. The summed E-state index contributed by atoms with van der Waals surface area (Å²) in [5.74, 6) is 1.75. The molecule has 0 unspecified atom stereocenters. The molecule has 2 rings (SSSR count). The molecule has 1 N–H and O–H groups in total. The van der Waals surface area contributed by atoms with Crippen LogP contribution in [-0.4, -0.2) is 11.1 Å². The maximum Gasteiger partial charge on any atom is 0.251 e. The van der Waals surface area contributed by atoms with Crippen LogP contribution in [0.15, 0.2) is 23.0 Å². The molecule has 70 valence electrons. The number of anilines is 1. The summed E-state index contributed by atoms with van der Waals surface area (Å²) in [4.78, 5) is 11.2. The molecule has 13 heavy (non-hydrogen) atoms. The Morgan fingerprint density at radius 3 is 3.00 bits per heavy atom. The average Bonchev–Trinajstić information content (AvgIpc) is 2.91. The summed E-state index contributed by atoms with van der Waals surface area (Å²) in [6.07, 6.45) is 2.65. The highest BCUT2D eigenvalue weighted by molar-refractivity contribution is 5.35. The lowest BCUT2D eigenvalue weighted by molar-refractivity contribution is 0.823. The van der Waals surface area contributed by atoms with Crippen LogP contribution in [0.3, 0.4) is 0 Å². The molecular weight excluding hydrogens is 164 g/mol. The fourth-order valence-corrected chi connectivity index (χ4v) is 1.31. The van der Waals surface area contributed by atoms with Crippen molar-refractivity contribution < 1.29 is 0 Å². The van der Waals surface area contributed by atoms with E-state index in [0.29, 0.717) is 0 Å². The highest BCUT2D eigenvalue weighted by Gasteiger charge is 2.20. The van der Waals surface area contributed by atoms with E-state index in [0.717, 1.165) is 18.3 Å². The lowest BCUT2D eigenvalue weighted by Crippen LogP contribution is -2.19. The monoisotopic (exact) mass is 178 g/mol. The molecule has 0 amide bonds. The summed E-state index contributed by atoms with van der Waals surface area (Å²) in [5, 5.41) is 3.28. The van der Waals surface area contributed by atoms with E-state index in [1.54, 1.807) is 23.7 Å². The van der Waals surface area contributed by atoms with Crippen LogP contribution < -0.4 is 10.9 Å². The molecule has 0 bridgehead atoms. The molecule has 0 saturated heterocycles. The van der Waals surface area contributed by atoms with Crippen LogP contribution in [-0.2, 0) is 7.05 Å². The van der Waals surface area contributed by atoms with Gasteiger partial charge >= 0.3 is 0 Å². The first-order chi connectivity index (χ1) is 6.27. The van der Waals surface area contributed by atoms with Crippen LogP contribution in [0.5, 0.6) is 0 Å². The lowest BCUT2D eigenvalue weighted by Gasteiger charge is -2.09. The van der Waals surface area contributed by atoms with Crippen molar-refractivity contribution in [2.24, 2.45) is 13.0 Å². The first-order valence-electron chi connectivity index (χ1n) is 4.67. The third kappa shape index (κ3) is 1.91. The number of pyridine rings is 1. The van der Waals surface area contributed by atoms with Gasteiger partial charge in [0.1, 0.15) is 5.82 Å². The number of aromatic nitrogens is 1. The zero-order valence-electron chi connectivity index (χ0n) is 7.79. The molecule has 1 saturated carbocycles. The molecule has 1 aromatic heterocycles. The fraction of sp³-hybridized carbons (Fsp3) is 0.500. The number of rotatable bonds is 3. The topological polar surface area (TPSA) is 34.0 Å². The Morgan fingerprint density at radius 1 is 1.54 bits per heavy atom. The van der Waals surface area contributed by atoms with E-state index in [-0.39, 0.29) is 5.56 Å². The van der Waals surface area contributed by atoms with Crippen molar-refractivity contribution in [1.29, 1.82) is 0 Å². The summed E-state index contributed by atoms with van der Waals surface area (Å²) in [6.45, 7) is 0.997. The Labute approximate surface area is 77.4 Å². The largest absolute Gasteiger partial charge is 0.371 e. The van der Waals surface area contributed by atoms with E-state index >= 15 is 0 Å². The van der Waals surface area contributed by atoms with Crippen molar-refractivity contribution in [3.8, 4) is 0 Å². The molecule has 0 spiro atoms. The van der Waals surface area contributed by atoms with Gasteiger partial charge in [0.25, 0.3) is 5.56 Å². The third-order valence-corrected chi connectivity index (χ3v) is 2.45. The van der Waals surface area contributed by atoms with Gasteiger partial charge in [-0.15, -0.1) is 0 Å². The quantitative estimate of drug-likeness (QED) is 0.754. The number of hydrogen-bond donors (Lipinski definition) is 1. The highest BCUT2D eigenvalue weighted by Crippen LogP contribution is 2.28. The van der Waals surface area contributed by atoms with Gasteiger partial charge in [-0.3, -0.25) is 9.36 Å². The second-order valence-electron chi connectivity index (χ2n) is 3.63. The van der Waals surface area contributed by atoms with Crippen LogP contribution in [0.25, 0.3) is 0 Å². The van der Waals surface area contributed by atoms with E-state index in [4.69, 9.17) is 0 Å².